The minimum atomic E-state index is -0.941. The quantitative estimate of drug-likeness (QED) is 0.780. The first-order chi connectivity index (χ1) is 7.63. The molecule has 0 spiro atoms. The van der Waals surface area contributed by atoms with E-state index >= 15 is 0 Å². The molecule has 0 aliphatic carbocycles. The molecule has 0 aliphatic rings. The van der Waals surface area contributed by atoms with Crippen LogP contribution in [0, 0.1) is 11.6 Å². The van der Waals surface area contributed by atoms with Crippen molar-refractivity contribution in [2.45, 2.75) is 13.0 Å². The van der Waals surface area contributed by atoms with Gasteiger partial charge in [-0.15, -0.1) is 0 Å². The number of benzene rings is 1. The molecule has 0 saturated heterocycles. The molecular weight excluding hydrogens is 216 g/mol. The van der Waals surface area contributed by atoms with E-state index in [1.165, 1.54) is 6.07 Å². The van der Waals surface area contributed by atoms with Gasteiger partial charge in [-0.2, -0.15) is 0 Å². The number of ether oxygens (including phenoxy) is 1. The standard InChI is InChI=1S/C11H13F2NO2/c1-14-5-4-11(15)16-7-8-2-3-9(12)10(13)6-8/h2-3,6,14H,4-5,7H2,1H3. The lowest BCUT2D eigenvalue weighted by Gasteiger charge is -2.05. The molecule has 16 heavy (non-hydrogen) atoms. The SMILES string of the molecule is CNCCC(=O)OCc1ccc(F)c(F)c1. The lowest BCUT2D eigenvalue weighted by Crippen LogP contribution is -2.14. The highest BCUT2D eigenvalue weighted by Gasteiger charge is 2.05. The van der Waals surface area contributed by atoms with Gasteiger partial charge in [0.25, 0.3) is 0 Å². The normalized spacial score (nSPS) is 10.2. The van der Waals surface area contributed by atoms with Gasteiger partial charge in [-0.05, 0) is 24.7 Å². The fourth-order valence-corrected chi connectivity index (χ4v) is 1.09. The van der Waals surface area contributed by atoms with Crippen molar-refractivity contribution in [2.75, 3.05) is 13.6 Å². The van der Waals surface area contributed by atoms with Crippen molar-refractivity contribution in [3.8, 4) is 0 Å². The second kappa shape index (κ2) is 6.17. The average molecular weight is 229 g/mol. The van der Waals surface area contributed by atoms with Gasteiger partial charge in [0.15, 0.2) is 11.6 Å². The van der Waals surface area contributed by atoms with Crippen LogP contribution in [-0.2, 0) is 16.1 Å². The predicted molar refractivity (Wildman–Crippen MR) is 54.7 cm³/mol. The molecular formula is C11H13F2NO2. The number of hydrogen-bond acceptors (Lipinski definition) is 3. The van der Waals surface area contributed by atoms with Gasteiger partial charge in [-0.1, -0.05) is 6.07 Å². The lowest BCUT2D eigenvalue weighted by molar-refractivity contribution is -0.144. The Kier molecular flexibility index (Phi) is 4.85. The van der Waals surface area contributed by atoms with Gasteiger partial charge >= 0.3 is 5.97 Å². The van der Waals surface area contributed by atoms with Crippen molar-refractivity contribution >= 4 is 5.97 Å². The highest BCUT2D eigenvalue weighted by molar-refractivity contribution is 5.69. The molecule has 0 amide bonds. The van der Waals surface area contributed by atoms with E-state index in [1.54, 1.807) is 7.05 Å². The Hall–Kier alpha value is -1.49. The maximum atomic E-state index is 12.8. The largest absolute Gasteiger partial charge is 0.461 e. The molecule has 0 heterocycles. The van der Waals surface area contributed by atoms with Crippen LogP contribution in [0.4, 0.5) is 8.78 Å². The van der Waals surface area contributed by atoms with E-state index in [4.69, 9.17) is 4.74 Å². The summed E-state index contributed by atoms with van der Waals surface area (Å²) in [6.07, 6.45) is 0.250. The molecule has 5 heteroatoms. The number of nitrogens with one attached hydrogen (secondary N) is 1. The lowest BCUT2D eigenvalue weighted by atomic mass is 10.2. The van der Waals surface area contributed by atoms with Crippen LogP contribution in [0.3, 0.4) is 0 Å². The zero-order chi connectivity index (χ0) is 12.0. The van der Waals surface area contributed by atoms with E-state index in [0.717, 1.165) is 12.1 Å². The maximum Gasteiger partial charge on any atom is 0.307 e. The fourth-order valence-electron chi connectivity index (χ4n) is 1.09. The van der Waals surface area contributed by atoms with Gasteiger partial charge in [0.1, 0.15) is 6.61 Å². The van der Waals surface area contributed by atoms with Gasteiger partial charge in [0.05, 0.1) is 6.42 Å². The maximum absolute atomic E-state index is 12.8. The highest BCUT2D eigenvalue weighted by Crippen LogP contribution is 2.09. The van der Waals surface area contributed by atoms with Crippen LogP contribution in [0.1, 0.15) is 12.0 Å². The van der Waals surface area contributed by atoms with Gasteiger partial charge in [0, 0.05) is 6.54 Å². The summed E-state index contributed by atoms with van der Waals surface area (Å²) in [5, 5.41) is 2.80. The fraction of sp³-hybridized carbons (Fsp3) is 0.364. The molecule has 1 N–H and O–H groups in total. The minimum Gasteiger partial charge on any atom is -0.461 e. The Labute approximate surface area is 92.4 Å². The Balaban J connectivity index is 2.42. The molecule has 0 atom stereocenters. The van der Waals surface area contributed by atoms with Crippen molar-refractivity contribution in [3.05, 3.63) is 35.4 Å². The minimum absolute atomic E-state index is 0.0419. The molecule has 1 aromatic rings. The van der Waals surface area contributed by atoms with E-state index in [1.807, 2.05) is 0 Å². The Morgan fingerprint density at radius 1 is 1.38 bits per heavy atom. The van der Waals surface area contributed by atoms with Gasteiger partial charge < -0.3 is 10.1 Å². The molecule has 0 aromatic heterocycles. The van der Waals surface area contributed by atoms with Gasteiger partial charge in [-0.25, -0.2) is 8.78 Å². The first-order valence-electron chi connectivity index (χ1n) is 4.87. The number of rotatable bonds is 5. The summed E-state index contributed by atoms with van der Waals surface area (Å²) in [6, 6.07) is 3.40. The molecule has 1 aromatic carbocycles. The molecule has 0 unspecified atom stereocenters. The molecule has 1 rings (SSSR count). The third-order valence-corrected chi connectivity index (χ3v) is 1.96. The summed E-state index contributed by atoms with van der Waals surface area (Å²) < 4.78 is 30.2. The smallest absolute Gasteiger partial charge is 0.307 e. The van der Waals surface area contributed by atoms with E-state index in [0.29, 0.717) is 12.1 Å². The van der Waals surface area contributed by atoms with Crippen molar-refractivity contribution in [2.24, 2.45) is 0 Å². The first-order valence-corrected chi connectivity index (χ1v) is 4.87. The Morgan fingerprint density at radius 2 is 2.12 bits per heavy atom. The molecule has 0 saturated carbocycles. The first kappa shape index (κ1) is 12.6. The van der Waals surface area contributed by atoms with Crippen molar-refractivity contribution in [1.29, 1.82) is 0 Å². The highest BCUT2D eigenvalue weighted by atomic mass is 19.2. The van der Waals surface area contributed by atoms with E-state index in [-0.39, 0.29) is 19.0 Å². The van der Waals surface area contributed by atoms with Crippen molar-refractivity contribution in [3.63, 3.8) is 0 Å². The van der Waals surface area contributed by atoms with Crippen LogP contribution >= 0.6 is 0 Å². The average Bonchev–Trinajstić information content (AvgIpc) is 2.28. The number of halogens is 2. The van der Waals surface area contributed by atoms with Gasteiger partial charge in [-0.3, -0.25) is 4.79 Å². The zero-order valence-corrected chi connectivity index (χ0v) is 8.93. The molecule has 0 bridgehead atoms. The number of esters is 1. The van der Waals surface area contributed by atoms with E-state index in [9.17, 15) is 13.6 Å². The second-order valence-corrected chi connectivity index (χ2v) is 3.26. The Morgan fingerprint density at radius 3 is 2.75 bits per heavy atom. The number of carbonyl (C=O) groups is 1. The molecule has 3 nitrogen and oxygen atoms in total. The topological polar surface area (TPSA) is 38.3 Å². The summed E-state index contributed by atoms with van der Waals surface area (Å²) >= 11 is 0. The van der Waals surface area contributed by atoms with E-state index < -0.39 is 11.6 Å². The molecule has 0 radical (unpaired) electrons. The predicted octanol–water partition coefficient (Wildman–Crippen LogP) is 1.62. The summed E-state index contributed by atoms with van der Waals surface area (Å²) in [5.41, 5.74) is 0.428. The van der Waals surface area contributed by atoms with Crippen LogP contribution in [0.15, 0.2) is 18.2 Å². The molecule has 0 fully saturated rings. The van der Waals surface area contributed by atoms with Crippen molar-refractivity contribution < 1.29 is 18.3 Å². The van der Waals surface area contributed by atoms with Crippen LogP contribution in [0.2, 0.25) is 0 Å². The summed E-state index contributed by atoms with van der Waals surface area (Å²) in [5.74, 6) is -2.23. The zero-order valence-electron chi connectivity index (χ0n) is 8.93. The second-order valence-electron chi connectivity index (χ2n) is 3.26. The van der Waals surface area contributed by atoms with Gasteiger partial charge in [0.2, 0.25) is 0 Å². The number of carbonyl (C=O) groups excluding carboxylic acids is 1. The van der Waals surface area contributed by atoms with Crippen LogP contribution in [-0.4, -0.2) is 19.6 Å². The summed E-state index contributed by atoms with van der Waals surface area (Å²) in [4.78, 5) is 11.1. The van der Waals surface area contributed by atoms with Crippen LogP contribution < -0.4 is 5.32 Å². The van der Waals surface area contributed by atoms with Crippen molar-refractivity contribution in [1.82, 2.24) is 5.32 Å². The van der Waals surface area contributed by atoms with Crippen LogP contribution in [0.5, 0.6) is 0 Å². The van der Waals surface area contributed by atoms with Crippen LogP contribution in [0.25, 0.3) is 0 Å². The molecule has 88 valence electrons. The number of hydrogen-bond donors (Lipinski definition) is 1. The van der Waals surface area contributed by atoms with E-state index in [2.05, 4.69) is 5.32 Å². The monoisotopic (exact) mass is 229 g/mol. The molecule has 0 aliphatic heterocycles. The summed E-state index contributed by atoms with van der Waals surface area (Å²) in [7, 11) is 1.72. The summed E-state index contributed by atoms with van der Waals surface area (Å²) in [6.45, 7) is 0.482. The Bertz CT molecular complexity index is 369. The third-order valence-electron chi connectivity index (χ3n) is 1.96. The third kappa shape index (κ3) is 3.94.